The third-order valence-corrected chi connectivity index (χ3v) is 3.84. The van der Waals surface area contributed by atoms with E-state index in [1.165, 1.54) is 6.20 Å². The van der Waals surface area contributed by atoms with Crippen LogP contribution in [0.2, 0.25) is 0 Å². The highest BCUT2D eigenvalue weighted by atomic mass is 16.3. The molecule has 0 spiro atoms. The summed E-state index contributed by atoms with van der Waals surface area (Å²) in [6, 6.07) is 16.8. The van der Waals surface area contributed by atoms with Gasteiger partial charge in [-0.2, -0.15) is 0 Å². The lowest BCUT2D eigenvalue weighted by molar-refractivity contribution is 0.102. The molecular formula is C20H15N3O2. The van der Waals surface area contributed by atoms with Gasteiger partial charge in [-0.15, -0.1) is 0 Å². The van der Waals surface area contributed by atoms with Gasteiger partial charge in [-0.3, -0.25) is 9.78 Å². The second-order valence-electron chi connectivity index (χ2n) is 5.77. The molecule has 0 unspecified atom stereocenters. The number of nitrogens with one attached hydrogen (secondary N) is 1. The van der Waals surface area contributed by atoms with Crippen molar-refractivity contribution in [1.82, 2.24) is 9.97 Å². The summed E-state index contributed by atoms with van der Waals surface area (Å²) in [5.74, 6) is 0.348. The van der Waals surface area contributed by atoms with E-state index in [0.29, 0.717) is 22.7 Å². The Bertz CT molecular complexity index is 1050. The molecule has 4 aromatic rings. The highest BCUT2D eigenvalue weighted by Gasteiger charge is 2.11. The second kappa shape index (κ2) is 6.20. The molecule has 0 fully saturated rings. The maximum atomic E-state index is 12.2. The average molecular weight is 329 g/mol. The number of amides is 1. The minimum atomic E-state index is -0.217. The van der Waals surface area contributed by atoms with Crippen LogP contribution in [-0.4, -0.2) is 15.9 Å². The van der Waals surface area contributed by atoms with Gasteiger partial charge >= 0.3 is 0 Å². The highest BCUT2D eigenvalue weighted by molar-refractivity contribution is 6.04. The molecule has 1 N–H and O–H groups in total. The van der Waals surface area contributed by atoms with Gasteiger partial charge in [-0.25, -0.2) is 4.98 Å². The van der Waals surface area contributed by atoms with Crippen LogP contribution in [0.25, 0.3) is 22.6 Å². The number of hydrogen-bond donors (Lipinski definition) is 1. The Morgan fingerprint density at radius 3 is 2.80 bits per heavy atom. The molecule has 122 valence electrons. The number of oxazole rings is 1. The number of hydrogen-bond acceptors (Lipinski definition) is 4. The molecule has 4 rings (SSSR count). The van der Waals surface area contributed by atoms with Gasteiger partial charge in [0, 0.05) is 29.7 Å². The fourth-order valence-electron chi connectivity index (χ4n) is 2.60. The smallest absolute Gasteiger partial charge is 0.257 e. The van der Waals surface area contributed by atoms with E-state index in [9.17, 15) is 4.79 Å². The van der Waals surface area contributed by atoms with Crippen LogP contribution in [0.15, 0.2) is 71.4 Å². The van der Waals surface area contributed by atoms with E-state index in [0.717, 1.165) is 16.6 Å². The van der Waals surface area contributed by atoms with E-state index in [1.54, 1.807) is 30.5 Å². The number of carbonyl (C=O) groups excluding carboxylic acids is 1. The van der Waals surface area contributed by atoms with Crippen LogP contribution in [0.3, 0.4) is 0 Å². The molecule has 1 amide bonds. The fraction of sp³-hybridized carbons (Fsp3) is 0.0500. The lowest BCUT2D eigenvalue weighted by atomic mass is 10.1. The lowest BCUT2D eigenvalue weighted by Gasteiger charge is -2.04. The summed E-state index contributed by atoms with van der Waals surface area (Å²) in [5, 5.41) is 2.84. The molecule has 2 aromatic carbocycles. The minimum Gasteiger partial charge on any atom is -0.436 e. The number of benzene rings is 2. The largest absolute Gasteiger partial charge is 0.436 e. The monoisotopic (exact) mass is 329 g/mol. The maximum Gasteiger partial charge on any atom is 0.257 e. The Balaban J connectivity index is 1.63. The molecule has 0 saturated heterocycles. The van der Waals surface area contributed by atoms with Crippen molar-refractivity contribution in [3.63, 3.8) is 0 Å². The number of rotatable bonds is 3. The SMILES string of the molecule is Cc1cccc(-c2nc3ccc(NC(=O)c4cccnc4)cc3o2)c1. The first-order chi connectivity index (χ1) is 12.2. The summed E-state index contributed by atoms with van der Waals surface area (Å²) < 4.78 is 5.86. The molecule has 0 aliphatic carbocycles. The van der Waals surface area contributed by atoms with Crippen LogP contribution in [0, 0.1) is 6.92 Å². The molecule has 0 radical (unpaired) electrons. The number of nitrogens with zero attached hydrogens (tertiary/aromatic N) is 2. The van der Waals surface area contributed by atoms with Gasteiger partial charge in [0.2, 0.25) is 5.89 Å². The molecule has 0 aliphatic heterocycles. The van der Waals surface area contributed by atoms with E-state index in [-0.39, 0.29) is 5.91 Å². The van der Waals surface area contributed by atoms with Crippen LogP contribution in [0.4, 0.5) is 5.69 Å². The Labute approximate surface area is 144 Å². The van der Waals surface area contributed by atoms with Gasteiger partial charge < -0.3 is 9.73 Å². The molecular weight excluding hydrogens is 314 g/mol. The average Bonchev–Trinajstić information content (AvgIpc) is 3.06. The molecule has 2 heterocycles. The van der Waals surface area contributed by atoms with Crippen LogP contribution < -0.4 is 5.32 Å². The van der Waals surface area contributed by atoms with Crippen molar-refractivity contribution in [3.8, 4) is 11.5 Å². The van der Waals surface area contributed by atoms with Gasteiger partial charge in [0.15, 0.2) is 5.58 Å². The predicted octanol–water partition coefficient (Wildman–Crippen LogP) is 4.45. The fourth-order valence-corrected chi connectivity index (χ4v) is 2.60. The quantitative estimate of drug-likeness (QED) is 0.603. The van der Waals surface area contributed by atoms with Crippen molar-refractivity contribution >= 4 is 22.7 Å². The summed E-state index contributed by atoms with van der Waals surface area (Å²) in [5.41, 5.74) is 4.59. The van der Waals surface area contributed by atoms with Gasteiger partial charge in [0.1, 0.15) is 5.52 Å². The zero-order valence-corrected chi connectivity index (χ0v) is 13.6. The predicted molar refractivity (Wildman–Crippen MR) is 96.4 cm³/mol. The Hall–Kier alpha value is -3.47. The maximum absolute atomic E-state index is 12.2. The normalized spacial score (nSPS) is 10.8. The molecule has 5 heteroatoms. The molecule has 0 aliphatic rings. The summed E-state index contributed by atoms with van der Waals surface area (Å²) >= 11 is 0. The van der Waals surface area contributed by atoms with Crippen molar-refractivity contribution in [2.24, 2.45) is 0 Å². The van der Waals surface area contributed by atoms with Crippen molar-refractivity contribution in [2.75, 3.05) is 5.32 Å². The Morgan fingerprint density at radius 1 is 1.08 bits per heavy atom. The van der Waals surface area contributed by atoms with Gasteiger partial charge in [-0.05, 0) is 43.3 Å². The van der Waals surface area contributed by atoms with Crippen molar-refractivity contribution in [2.45, 2.75) is 6.92 Å². The van der Waals surface area contributed by atoms with Crippen molar-refractivity contribution in [3.05, 3.63) is 78.1 Å². The van der Waals surface area contributed by atoms with E-state index in [4.69, 9.17) is 4.42 Å². The highest BCUT2D eigenvalue weighted by Crippen LogP contribution is 2.27. The first-order valence-electron chi connectivity index (χ1n) is 7.88. The van der Waals surface area contributed by atoms with E-state index in [2.05, 4.69) is 15.3 Å². The third kappa shape index (κ3) is 3.12. The van der Waals surface area contributed by atoms with Crippen LogP contribution in [0.5, 0.6) is 0 Å². The van der Waals surface area contributed by atoms with Crippen LogP contribution in [-0.2, 0) is 0 Å². The summed E-state index contributed by atoms with van der Waals surface area (Å²) in [6.07, 6.45) is 3.16. The standard InChI is InChI=1S/C20H15N3O2/c1-13-4-2-5-14(10-13)20-23-17-8-7-16(11-18(17)25-20)22-19(24)15-6-3-9-21-12-15/h2-12H,1H3,(H,22,24). The lowest BCUT2D eigenvalue weighted by Crippen LogP contribution is -2.11. The Morgan fingerprint density at radius 2 is 2.00 bits per heavy atom. The summed E-state index contributed by atoms with van der Waals surface area (Å²) in [7, 11) is 0. The van der Waals surface area contributed by atoms with Gasteiger partial charge in [-0.1, -0.05) is 17.7 Å². The number of anilines is 1. The summed E-state index contributed by atoms with van der Waals surface area (Å²) in [4.78, 5) is 20.7. The topological polar surface area (TPSA) is 68.0 Å². The van der Waals surface area contributed by atoms with Gasteiger partial charge in [0.05, 0.1) is 5.56 Å². The van der Waals surface area contributed by atoms with Crippen molar-refractivity contribution < 1.29 is 9.21 Å². The number of aryl methyl sites for hydroxylation is 1. The first-order valence-corrected chi connectivity index (χ1v) is 7.88. The van der Waals surface area contributed by atoms with Crippen LogP contribution in [0.1, 0.15) is 15.9 Å². The third-order valence-electron chi connectivity index (χ3n) is 3.84. The van der Waals surface area contributed by atoms with E-state index in [1.807, 2.05) is 37.3 Å². The first kappa shape index (κ1) is 15.1. The molecule has 25 heavy (non-hydrogen) atoms. The van der Waals surface area contributed by atoms with E-state index < -0.39 is 0 Å². The zero-order valence-electron chi connectivity index (χ0n) is 13.6. The Kier molecular flexibility index (Phi) is 3.74. The molecule has 5 nitrogen and oxygen atoms in total. The minimum absolute atomic E-state index is 0.217. The van der Waals surface area contributed by atoms with Crippen LogP contribution >= 0.6 is 0 Å². The second-order valence-corrected chi connectivity index (χ2v) is 5.77. The van der Waals surface area contributed by atoms with Gasteiger partial charge in [0.25, 0.3) is 5.91 Å². The molecule has 2 aromatic heterocycles. The van der Waals surface area contributed by atoms with Crippen molar-refractivity contribution in [1.29, 1.82) is 0 Å². The number of carbonyl (C=O) groups is 1. The zero-order chi connectivity index (χ0) is 17.2. The number of aromatic nitrogens is 2. The number of pyridine rings is 1. The molecule has 0 atom stereocenters. The number of fused-ring (bicyclic) bond motifs is 1. The molecule has 0 saturated carbocycles. The summed E-state index contributed by atoms with van der Waals surface area (Å²) in [6.45, 7) is 2.03. The van der Waals surface area contributed by atoms with E-state index >= 15 is 0 Å². The molecule has 0 bridgehead atoms.